The molecule has 0 radical (unpaired) electrons. The Hall–Kier alpha value is -0.830. The summed E-state index contributed by atoms with van der Waals surface area (Å²) in [6, 6.07) is 6.73. The predicted molar refractivity (Wildman–Crippen MR) is 82.2 cm³/mol. The van der Waals surface area contributed by atoms with Gasteiger partial charge in [-0.25, -0.2) is 0 Å². The summed E-state index contributed by atoms with van der Waals surface area (Å²) < 4.78 is 1.11. The highest BCUT2D eigenvalue weighted by Crippen LogP contribution is 2.20. The number of nitrogens with one attached hydrogen (secondary N) is 1. The number of amides is 1. The van der Waals surface area contributed by atoms with Crippen LogP contribution in [0.1, 0.15) is 49.7 Å². The summed E-state index contributed by atoms with van der Waals surface area (Å²) in [4.78, 5) is 11.9. The van der Waals surface area contributed by atoms with E-state index in [9.17, 15) is 4.79 Å². The largest absolute Gasteiger partial charge is 0.353 e. The van der Waals surface area contributed by atoms with Crippen LogP contribution < -0.4 is 5.32 Å². The molecule has 1 fully saturated rings. The van der Waals surface area contributed by atoms with Crippen molar-refractivity contribution in [3.63, 3.8) is 0 Å². The Morgan fingerprint density at radius 3 is 2.74 bits per heavy atom. The van der Waals surface area contributed by atoms with Gasteiger partial charge in [-0.3, -0.25) is 4.79 Å². The van der Waals surface area contributed by atoms with E-state index < -0.39 is 0 Å². The third-order valence-corrected chi connectivity index (χ3v) is 4.54. The molecule has 0 spiro atoms. The Morgan fingerprint density at radius 2 is 2.05 bits per heavy atom. The first-order valence-corrected chi connectivity index (χ1v) is 7.99. The predicted octanol–water partition coefficient (Wildman–Crippen LogP) is 4.14. The Kier molecular flexibility index (Phi) is 5.44. The van der Waals surface area contributed by atoms with Gasteiger partial charge in [0.05, 0.1) is 0 Å². The van der Waals surface area contributed by atoms with Crippen molar-refractivity contribution < 1.29 is 4.79 Å². The van der Waals surface area contributed by atoms with Crippen molar-refractivity contribution >= 4 is 21.8 Å². The maximum Gasteiger partial charge on any atom is 0.220 e. The van der Waals surface area contributed by atoms with Crippen molar-refractivity contribution in [2.45, 2.75) is 57.9 Å². The number of benzene rings is 1. The maximum absolute atomic E-state index is 11.9. The number of hydrogen-bond acceptors (Lipinski definition) is 1. The molecule has 104 valence electrons. The maximum atomic E-state index is 11.9. The van der Waals surface area contributed by atoms with E-state index in [-0.39, 0.29) is 5.91 Å². The summed E-state index contributed by atoms with van der Waals surface area (Å²) in [6.07, 6.45) is 7.53. The lowest BCUT2D eigenvalue weighted by Crippen LogP contribution is -2.36. The standard InChI is InChI=1S/C16H22BrNO/c1-12-7-8-13(15(17)11-12)9-10-16(19)18-14-5-3-2-4-6-14/h7-8,11,14H,2-6,9-10H2,1H3,(H,18,19). The second-order valence-electron chi connectivity index (χ2n) is 5.50. The lowest BCUT2D eigenvalue weighted by molar-refractivity contribution is -0.121. The number of carbonyl (C=O) groups is 1. The third kappa shape index (κ3) is 4.64. The normalized spacial score (nSPS) is 16.3. The van der Waals surface area contributed by atoms with Gasteiger partial charge in [-0.2, -0.15) is 0 Å². The van der Waals surface area contributed by atoms with Gasteiger partial charge < -0.3 is 5.32 Å². The van der Waals surface area contributed by atoms with Gasteiger partial charge in [0.1, 0.15) is 0 Å². The lowest BCUT2D eigenvalue weighted by Gasteiger charge is -2.22. The topological polar surface area (TPSA) is 29.1 Å². The smallest absolute Gasteiger partial charge is 0.220 e. The Bertz CT molecular complexity index is 438. The van der Waals surface area contributed by atoms with Crippen molar-refractivity contribution in [3.8, 4) is 0 Å². The molecular formula is C16H22BrNO. The van der Waals surface area contributed by atoms with E-state index in [1.165, 1.54) is 30.4 Å². The van der Waals surface area contributed by atoms with Crippen molar-refractivity contribution in [1.82, 2.24) is 5.32 Å². The number of carbonyl (C=O) groups excluding carboxylic acids is 1. The van der Waals surface area contributed by atoms with Crippen LogP contribution in [0.25, 0.3) is 0 Å². The Balaban J connectivity index is 1.79. The lowest BCUT2D eigenvalue weighted by atomic mass is 9.95. The van der Waals surface area contributed by atoms with Crippen LogP contribution in [-0.2, 0) is 11.2 Å². The third-order valence-electron chi connectivity index (χ3n) is 3.80. The van der Waals surface area contributed by atoms with Crippen molar-refractivity contribution in [2.75, 3.05) is 0 Å². The quantitative estimate of drug-likeness (QED) is 0.886. The van der Waals surface area contributed by atoms with Gasteiger partial charge in [0, 0.05) is 16.9 Å². The fraction of sp³-hybridized carbons (Fsp3) is 0.562. The van der Waals surface area contributed by atoms with Gasteiger partial charge in [-0.15, -0.1) is 0 Å². The number of rotatable bonds is 4. The molecule has 1 amide bonds. The van der Waals surface area contributed by atoms with Crippen LogP contribution in [0.4, 0.5) is 0 Å². The highest BCUT2D eigenvalue weighted by atomic mass is 79.9. The van der Waals surface area contributed by atoms with Gasteiger partial charge in [-0.05, 0) is 43.4 Å². The van der Waals surface area contributed by atoms with Crippen LogP contribution in [0.15, 0.2) is 22.7 Å². The van der Waals surface area contributed by atoms with E-state index in [2.05, 4.69) is 46.4 Å². The average Bonchev–Trinajstić information content (AvgIpc) is 2.39. The van der Waals surface area contributed by atoms with E-state index >= 15 is 0 Å². The van der Waals surface area contributed by atoms with E-state index in [0.29, 0.717) is 12.5 Å². The van der Waals surface area contributed by atoms with Gasteiger partial charge in [0.2, 0.25) is 5.91 Å². The molecule has 0 heterocycles. The van der Waals surface area contributed by atoms with Crippen LogP contribution in [0.2, 0.25) is 0 Å². The van der Waals surface area contributed by atoms with Crippen LogP contribution in [0.5, 0.6) is 0 Å². The molecule has 0 saturated heterocycles. The summed E-state index contributed by atoms with van der Waals surface area (Å²) in [7, 11) is 0. The van der Waals surface area contributed by atoms with E-state index in [1.807, 2.05) is 0 Å². The van der Waals surface area contributed by atoms with Crippen LogP contribution >= 0.6 is 15.9 Å². The molecule has 1 saturated carbocycles. The molecule has 0 atom stereocenters. The van der Waals surface area contributed by atoms with E-state index in [1.54, 1.807) is 0 Å². The zero-order valence-electron chi connectivity index (χ0n) is 11.5. The zero-order chi connectivity index (χ0) is 13.7. The SMILES string of the molecule is Cc1ccc(CCC(=O)NC2CCCCC2)c(Br)c1. The fourth-order valence-electron chi connectivity index (χ4n) is 2.65. The molecule has 19 heavy (non-hydrogen) atoms. The molecular weight excluding hydrogens is 302 g/mol. The van der Waals surface area contributed by atoms with Crippen LogP contribution in [-0.4, -0.2) is 11.9 Å². The minimum Gasteiger partial charge on any atom is -0.353 e. The monoisotopic (exact) mass is 323 g/mol. The summed E-state index contributed by atoms with van der Waals surface area (Å²) in [5, 5.41) is 3.17. The molecule has 1 aliphatic carbocycles. The Labute approximate surface area is 124 Å². The van der Waals surface area contributed by atoms with Gasteiger partial charge in [0.15, 0.2) is 0 Å². The number of halogens is 1. The van der Waals surface area contributed by atoms with Crippen molar-refractivity contribution in [3.05, 3.63) is 33.8 Å². The zero-order valence-corrected chi connectivity index (χ0v) is 13.1. The van der Waals surface area contributed by atoms with Gasteiger partial charge in [0.25, 0.3) is 0 Å². The molecule has 0 aliphatic heterocycles. The highest BCUT2D eigenvalue weighted by molar-refractivity contribution is 9.10. The molecule has 0 unspecified atom stereocenters. The molecule has 2 rings (SSSR count). The number of hydrogen-bond donors (Lipinski definition) is 1. The molecule has 3 heteroatoms. The number of aryl methyl sites for hydroxylation is 2. The van der Waals surface area contributed by atoms with Crippen molar-refractivity contribution in [2.24, 2.45) is 0 Å². The van der Waals surface area contributed by atoms with Crippen LogP contribution in [0.3, 0.4) is 0 Å². The summed E-state index contributed by atoms with van der Waals surface area (Å²) in [5.41, 5.74) is 2.45. The minimum atomic E-state index is 0.194. The fourth-order valence-corrected chi connectivity index (χ4v) is 3.34. The average molecular weight is 324 g/mol. The van der Waals surface area contributed by atoms with E-state index in [4.69, 9.17) is 0 Å². The first kappa shape index (κ1) is 14.6. The minimum absolute atomic E-state index is 0.194. The summed E-state index contributed by atoms with van der Waals surface area (Å²) in [6.45, 7) is 2.07. The molecule has 0 aromatic heterocycles. The van der Waals surface area contributed by atoms with Crippen molar-refractivity contribution in [1.29, 1.82) is 0 Å². The van der Waals surface area contributed by atoms with Crippen LogP contribution in [0, 0.1) is 6.92 Å². The molecule has 1 aromatic rings. The van der Waals surface area contributed by atoms with Gasteiger partial charge in [-0.1, -0.05) is 47.3 Å². The summed E-state index contributed by atoms with van der Waals surface area (Å²) >= 11 is 3.56. The summed E-state index contributed by atoms with van der Waals surface area (Å²) in [5.74, 6) is 0.194. The first-order valence-electron chi connectivity index (χ1n) is 7.19. The molecule has 1 aliphatic rings. The Morgan fingerprint density at radius 1 is 1.32 bits per heavy atom. The molecule has 2 nitrogen and oxygen atoms in total. The molecule has 0 bridgehead atoms. The highest BCUT2D eigenvalue weighted by Gasteiger charge is 2.15. The van der Waals surface area contributed by atoms with Gasteiger partial charge >= 0.3 is 0 Å². The van der Waals surface area contributed by atoms with E-state index in [0.717, 1.165) is 23.7 Å². The molecule has 1 aromatic carbocycles. The molecule has 1 N–H and O–H groups in total. The second kappa shape index (κ2) is 7.09. The second-order valence-corrected chi connectivity index (χ2v) is 6.35. The first-order chi connectivity index (χ1) is 9.15.